The Morgan fingerprint density at radius 1 is 0.960 bits per heavy atom. The predicted octanol–water partition coefficient (Wildman–Crippen LogP) is 5.49. The molecule has 0 spiro atoms. The van der Waals surface area contributed by atoms with Gasteiger partial charge in [-0.2, -0.15) is 0 Å². The highest BCUT2D eigenvalue weighted by atomic mass is 16.7. The van der Waals surface area contributed by atoms with Crippen LogP contribution in [0.25, 0.3) is 39.3 Å². The zero-order valence-corrected chi connectivity index (χ0v) is 28.2. The molecule has 3 aromatic heterocycles. The Balaban J connectivity index is 1.62. The number of hydrogen-bond acceptors (Lipinski definition) is 8. The highest BCUT2D eigenvalue weighted by Crippen LogP contribution is 2.38. The highest BCUT2D eigenvalue weighted by Gasteiger charge is 2.35. The summed E-state index contributed by atoms with van der Waals surface area (Å²) in [5.41, 5.74) is 8.64. The van der Waals surface area contributed by atoms with Crippen molar-refractivity contribution in [3.8, 4) is 0 Å². The Bertz CT molecular complexity index is 2210. The number of carbonyl (C=O) groups excluding carboxylic acids is 3. The maximum atomic E-state index is 12.9. The summed E-state index contributed by atoms with van der Waals surface area (Å²) in [7, 11) is 0. The van der Waals surface area contributed by atoms with Crippen molar-refractivity contribution < 1.29 is 39.0 Å². The van der Waals surface area contributed by atoms with Crippen LogP contribution in [0, 0.1) is 13.8 Å². The summed E-state index contributed by atoms with van der Waals surface area (Å²) < 4.78 is 0. The first-order chi connectivity index (χ1) is 23.8. The number of aliphatic carboxylic acids is 2. The van der Waals surface area contributed by atoms with Crippen molar-refractivity contribution in [3.05, 3.63) is 75.4 Å². The molecule has 13 heteroatoms. The average molecular weight is 680 g/mol. The minimum absolute atomic E-state index is 0.00280. The number of hydrogen-bond donors (Lipinski definition) is 4. The summed E-state index contributed by atoms with van der Waals surface area (Å²) >= 11 is 0. The number of carboxylic acids is 2. The van der Waals surface area contributed by atoms with Crippen LogP contribution in [0.4, 0.5) is 0 Å². The number of nitrogens with one attached hydrogen (secondary N) is 2. The Kier molecular flexibility index (Phi) is 9.00. The van der Waals surface area contributed by atoms with Gasteiger partial charge in [-0.05, 0) is 80.5 Å². The minimum atomic E-state index is -1.27. The van der Waals surface area contributed by atoms with E-state index >= 15 is 0 Å². The number of fused-ring (bicyclic) bond motifs is 8. The van der Waals surface area contributed by atoms with Gasteiger partial charge in [0.15, 0.2) is 0 Å². The zero-order valence-electron chi connectivity index (χ0n) is 28.2. The molecule has 1 saturated heterocycles. The molecule has 0 aliphatic carbocycles. The van der Waals surface area contributed by atoms with Gasteiger partial charge in [-0.1, -0.05) is 19.6 Å². The topological polar surface area (TPSA) is 196 Å². The van der Waals surface area contributed by atoms with Gasteiger partial charge >= 0.3 is 17.9 Å². The second-order valence-electron chi connectivity index (χ2n) is 12.7. The Hall–Kier alpha value is -5.85. The van der Waals surface area contributed by atoms with Crippen molar-refractivity contribution in [2.45, 2.75) is 78.6 Å². The maximum absolute atomic E-state index is 12.9. The maximum Gasteiger partial charge on any atom is 0.338 e. The van der Waals surface area contributed by atoms with Crippen LogP contribution in [-0.2, 0) is 48.1 Å². The third-order valence-corrected chi connectivity index (χ3v) is 9.62. The molecule has 3 aromatic rings. The third-order valence-electron chi connectivity index (χ3n) is 9.62. The van der Waals surface area contributed by atoms with Crippen LogP contribution >= 0.6 is 0 Å². The fraction of sp³-hybridized carbons (Fsp3) is 0.324. The van der Waals surface area contributed by atoms with Crippen molar-refractivity contribution in [2.24, 2.45) is 0 Å². The standard InChI is InChI=1S/C37H37N5O8/c1-6-22-17(3)25-13-21-12-20(8-11-33(47)50-42-30(43)9-10-31(42)44)35(38-21)24(14-32(45)46)36-34(37(48)49)19(5)27(41-36)16-29-23(7-2)18(4)26(40-29)15-28(22)39-25/h6,13,15-16,20,39-40H,1,7-12,14H2,2-5H3,(H,45,46)(H,48,49)/t20-/m0/s1. The van der Waals surface area contributed by atoms with E-state index in [0.717, 1.165) is 44.3 Å². The molecular weight excluding hydrogens is 642 g/mol. The molecule has 4 N–H and O–H groups in total. The number of carbonyl (C=O) groups is 5. The second-order valence-corrected chi connectivity index (χ2v) is 12.7. The van der Waals surface area contributed by atoms with Crippen molar-refractivity contribution in [2.75, 3.05) is 0 Å². The molecule has 3 aliphatic rings. The Morgan fingerprint density at radius 2 is 1.64 bits per heavy atom. The number of allylic oxidation sites excluding steroid dienone is 1. The smallest absolute Gasteiger partial charge is 0.338 e. The van der Waals surface area contributed by atoms with Gasteiger partial charge in [0.25, 0.3) is 11.8 Å². The average Bonchev–Trinajstić information content (AvgIpc) is 3.84. The molecule has 0 radical (unpaired) electrons. The summed E-state index contributed by atoms with van der Waals surface area (Å²) in [5, 5.41) is 21.0. The van der Waals surface area contributed by atoms with E-state index in [4.69, 9.17) is 14.8 Å². The van der Waals surface area contributed by atoms with Crippen molar-refractivity contribution in [1.82, 2.24) is 25.0 Å². The van der Waals surface area contributed by atoms with Crippen LogP contribution in [0.2, 0.25) is 0 Å². The summed E-state index contributed by atoms with van der Waals surface area (Å²) in [6.07, 6.45) is 1.98. The lowest BCUT2D eigenvalue weighted by atomic mass is 9.90. The second kappa shape index (κ2) is 13.2. The summed E-state index contributed by atoms with van der Waals surface area (Å²) in [6, 6.07) is 5.65. The van der Waals surface area contributed by atoms with Gasteiger partial charge in [-0.3, -0.25) is 19.4 Å². The number of carboxylic acid groups (broad SMARTS) is 2. The lowest BCUT2D eigenvalue weighted by Crippen LogP contribution is -2.32. The first kappa shape index (κ1) is 34.0. The van der Waals surface area contributed by atoms with E-state index in [0.29, 0.717) is 34.1 Å². The molecule has 13 nitrogen and oxygen atoms in total. The molecule has 0 aromatic carbocycles. The van der Waals surface area contributed by atoms with Crippen LogP contribution in [0.5, 0.6) is 0 Å². The van der Waals surface area contributed by atoms with E-state index in [2.05, 4.69) is 16.5 Å². The number of amides is 2. The number of aromatic amines is 2. The van der Waals surface area contributed by atoms with Gasteiger partial charge in [-0.15, -0.1) is 5.06 Å². The molecule has 3 aliphatic heterocycles. The number of aryl methyl sites for hydroxylation is 3. The molecule has 6 heterocycles. The van der Waals surface area contributed by atoms with Gasteiger partial charge < -0.3 is 25.0 Å². The lowest BCUT2D eigenvalue weighted by Gasteiger charge is -2.15. The zero-order chi connectivity index (χ0) is 36.0. The van der Waals surface area contributed by atoms with Crippen LogP contribution in [0.15, 0.2) is 24.8 Å². The molecule has 50 heavy (non-hydrogen) atoms. The number of rotatable bonds is 9. The molecule has 8 bridgehead atoms. The number of aromatic nitrogens is 4. The van der Waals surface area contributed by atoms with Gasteiger partial charge in [0.1, 0.15) is 0 Å². The summed E-state index contributed by atoms with van der Waals surface area (Å²) in [4.78, 5) is 83.7. The molecule has 2 amide bonds. The number of H-pyrrole nitrogens is 2. The summed E-state index contributed by atoms with van der Waals surface area (Å²) in [6.45, 7) is 11.7. The Morgan fingerprint density at radius 3 is 2.28 bits per heavy atom. The normalized spacial score (nSPS) is 15.9. The lowest BCUT2D eigenvalue weighted by molar-refractivity contribution is -0.197. The van der Waals surface area contributed by atoms with E-state index in [1.807, 2.05) is 32.9 Å². The number of hydroxylamine groups is 2. The van der Waals surface area contributed by atoms with E-state index in [9.17, 15) is 34.2 Å². The van der Waals surface area contributed by atoms with E-state index in [-0.39, 0.29) is 48.9 Å². The minimum Gasteiger partial charge on any atom is -0.481 e. The number of imide groups is 1. The quantitative estimate of drug-likeness (QED) is 0.210. The number of nitrogens with zero attached hydrogens (tertiary/aromatic N) is 3. The van der Waals surface area contributed by atoms with Crippen LogP contribution in [-0.4, -0.2) is 64.9 Å². The first-order valence-corrected chi connectivity index (χ1v) is 16.4. The molecule has 1 fully saturated rings. The van der Waals surface area contributed by atoms with Gasteiger partial charge in [0.2, 0.25) is 0 Å². The molecule has 0 saturated carbocycles. The van der Waals surface area contributed by atoms with Crippen molar-refractivity contribution >= 4 is 69.0 Å². The van der Waals surface area contributed by atoms with Crippen molar-refractivity contribution in [1.29, 1.82) is 0 Å². The largest absolute Gasteiger partial charge is 0.481 e. The van der Waals surface area contributed by atoms with E-state index in [1.165, 1.54) is 0 Å². The molecule has 6 rings (SSSR count). The molecule has 1 atom stereocenters. The van der Waals surface area contributed by atoms with Crippen LogP contribution in [0.3, 0.4) is 0 Å². The van der Waals surface area contributed by atoms with Gasteiger partial charge in [0.05, 0.1) is 29.1 Å². The van der Waals surface area contributed by atoms with Crippen LogP contribution < -0.4 is 0 Å². The molecule has 258 valence electrons. The summed E-state index contributed by atoms with van der Waals surface area (Å²) in [5.74, 6) is -5.03. The predicted molar refractivity (Wildman–Crippen MR) is 184 cm³/mol. The fourth-order valence-electron chi connectivity index (χ4n) is 7.04. The fourth-order valence-corrected chi connectivity index (χ4v) is 7.04. The van der Waals surface area contributed by atoms with Crippen LogP contribution in [0.1, 0.15) is 96.0 Å². The van der Waals surface area contributed by atoms with Crippen molar-refractivity contribution in [3.63, 3.8) is 0 Å². The molecular formula is C37H37N5O8. The Labute approximate surface area is 286 Å². The van der Waals surface area contributed by atoms with E-state index in [1.54, 1.807) is 19.1 Å². The highest BCUT2D eigenvalue weighted by molar-refractivity contribution is 6.24. The molecule has 0 unspecified atom stereocenters. The van der Waals surface area contributed by atoms with Gasteiger partial charge in [0, 0.05) is 64.1 Å². The van der Waals surface area contributed by atoms with E-state index < -0.39 is 42.1 Å². The SMILES string of the molecule is C=Cc1c(C)c2cc3nc(c(CC(=O)O)c4nc(cc5[nH]c(cc1[nH]2)c(C)c5CC)C(C)=C4C(=O)O)[C@@H](CCC(=O)ON1C(=O)CCC1=O)C3. The van der Waals surface area contributed by atoms with Gasteiger partial charge in [-0.25, -0.2) is 14.6 Å². The third kappa shape index (κ3) is 6.10. The first-order valence-electron chi connectivity index (χ1n) is 16.4. The monoisotopic (exact) mass is 679 g/mol.